The summed E-state index contributed by atoms with van der Waals surface area (Å²) in [5, 5.41) is 0. The molecular weight excluding hydrogens is 276 g/mol. The average Bonchev–Trinajstić information content (AvgIpc) is 2.92. The molecular formula is C14H18N2O3S. The van der Waals surface area contributed by atoms with Crippen molar-refractivity contribution < 1.29 is 12.8 Å². The predicted octanol–water partition coefficient (Wildman–Crippen LogP) is 1.60. The molecule has 0 fully saturated rings. The van der Waals surface area contributed by atoms with Crippen LogP contribution in [0.1, 0.15) is 11.1 Å². The van der Waals surface area contributed by atoms with E-state index in [4.69, 9.17) is 10.2 Å². The molecule has 0 aliphatic carbocycles. The first-order valence-electron chi connectivity index (χ1n) is 6.30. The van der Waals surface area contributed by atoms with Gasteiger partial charge in [0, 0.05) is 19.2 Å². The zero-order valence-electron chi connectivity index (χ0n) is 11.3. The Balaban J connectivity index is 2.16. The van der Waals surface area contributed by atoms with Crippen molar-refractivity contribution in [3.05, 3.63) is 54.0 Å². The maximum absolute atomic E-state index is 12.4. The number of sulfonamides is 1. The third-order valence-electron chi connectivity index (χ3n) is 3.05. The Morgan fingerprint density at radius 2 is 1.85 bits per heavy atom. The first-order valence-corrected chi connectivity index (χ1v) is 7.74. The molecule has 0 aliphatic heterocycles. The van der Waals surface area contributed by atoms with Gasteiger partial charge in [0.05, 0.1) is 17.4 Å². The minimum absolute atomic E-state index is 0.281. The van der Waals surface area contributed by atoms with Crippen LogP contribution in [-0.4, -0.2) is 26.3 Å². The molecule has 1 aromatic carbocycles. The molecule has 5 nitrogen and oxygen atoms in total. The van der Waals surface area contributed by atoms with Gasteiger partial charge in [-0.1, -0.05) is 12.1 Å². The third-order valence-corrected chi connectivity index (χ3v) is 4.87. The lowest BCUT2D eigenvalue weighted by atomic mass is 10.2. The Labute approximate surface area is 119 Å². The van der Waals surface area contributed by atoms with Crippen LogP contribution in [0.25, 0.3) is 0 Å². The van der Waals surface area contributed by atoms with E-state index in [0.29, 0.717) is 6.54 Å². The Morgan fingerprint density at radius 3 is 2.40 bits per heavy atom. The highest BCUT2D eigenvalue weighted by Crippen LogP contribution is 2.17. The van der Waals surface area contributed by atoms with Gasteiger partial charge in [-0.05, 0) is 36.7 Å². The van der Waals surface area contributed by atoms with Crippen molar-refractivity contribution in [2.45, 2.75) is 17.9 Å². The van der Waals surface area contributed by atoms with Gasteiger partial charge in [-0.25, -0.2) is 8.42 Å². The summed E-state index contributed by atoms with van der Waals surface area (Å²) in [6.07, 6.45) is 3.80. The molecule has 0 amide bonds. The summed E-state index contributed by atoms with van der Waals surface area (Å²) < 4.78 is 31.0. The third kappa shape index (κ3) is 3.27. The van der Waals surface area contributed by atoms with Crippen LogP contribution in [0.5, 0.6) is 0 Å². The second-order valence-corrected chi connectivity index (χ2v) is 6.62. The second kappa shape index (κ2) is 6.21. The van der Waals surface area contributed by atoms with Crippen LogP contribution in [0, 0.1) is 0 Å². The minimum atomic E-state index is -3.49. The molecule has 0 bridgehead atoms. The standard InChI is InChI=1S/C14H18N2O3S/c1-16(10-13-7-9-19-11-13)20(17,18)14-4-2-12(3-5-14)6-8-15/h2-5,7,9,11H,6,8,10,15H2,1H3. The van der Waals surface area contributed by atoms with E-state index in [0.717, 1.165) is 17.5 Å². The molecule has 0 saturated carbocycles. The Hall–Kier alpha value is -1.63. The van der Waals surface area contributed by atoms with Crippen LogP contribution in [0.15, 0.2) is 52.2 Å². The summed E-state index contributed by atoms with van der Waals surface area (Å²) in [7, 11) is -1.93. The van der Waals surface area contributed by atoms with E-state index < -0.39 is 10.0 Å². The van der Waals surface area contributed by atoms with Gasteiger partial charge in [0.2, 0.25) is 10.0 Å². The van der Waals surface area contributed by atoms with E-state index in [-0.39, 0.29) is 11.4 Å². The molecule has 6 heteroatoms. The van der Waals surface area contributed by atoms with Crippen molar-refractivity contribution in [3.63, 3.8) is 0 Å². The number of benzene rings is 1. The van der Waals surface area contributed by atoms with Gasteiger partial charge in [-0.15, -0.1) is 0 Å². The van der Waals surface area contributed by atoms with Gasteiger partial charge in [0.1, 0.15) is 0 Å². The number of furan rings is 1. The van der Waals surface area contributed by atoms with Crippen molar-refractivity contribution in [2.75, 3.05) is 13.6 Å². The number of rotatable bonds is 6. The van der Waals surface area contributed by atoms with Crippen LogP contribution in [-0.2, 0) is 23.0 Å². The molecule has 0 unspecified atom stereocenters. The molecule has 2 rings (SSSR count). The maximum Gasteiger partial charge on any atom is 0.243 e. The lowest BCUT2D eigenvalue weighted by Gasteiger charge is -2.16. The van der Waals surface area contributed by atoms with Crippen molar-refractivity contribution in [3.8, 4) is 0 Å². The van der Waals surface area contributed by atoms with E-state index in [1.807, 2.05) is 0 Å². The Morgan fingerprint density at radius 1 is 1.15 bits per heavy atom. The molecule has 1 heterocycles. The van der Waals surface area contributed by atoms with Crippen molar-refractivity contribution in [1.29, 1.82) is 0 Å². The van der Waals surface area contributed by atoms with Crippen LogP contribution >= 0.6 is 0 Å². The van der Waals surface area contributed by atoms with Crippen LogP contribution in [0.3, 0.4) is 0 Å². The summed E-state index contributed by atoms with van der Waals surface area (Å²) in [5.41, 5.74) is 7.32. The summed E-state index contributed by atoms with van der Waals surface area (Å²) >= 11 is 0. The minimum Gasteiger partial charge on any atom is -0.472 e. The van der Waals surface area contributed by atoms with Crippen molar-refractivity contribution in [2.24, 2.45) is 5.73 Å². The highest BCUT2D eigenvalue weighted by molar-refractivity contribution is 7.89. The molecule has 0 saturated heterocycles. The lowest BCUT2D eigenvalue weighted by Crippen LogP contribution is -2.26. The van der Waals surface area contributed by atoms with E-state index in [1.165, 1.54) is 16.8 Å². The zero-order chi connectivity index (χ0) is 14.6. The largest absolute Gasteiger partial charge is 0.472 e. The Kier molecular flexibility index (Phi) is 4.59. The quantitative estimate of drug-likeness (QED) is 0.878. The van der Waals surface area contributed by atoms with Crippen molar-refractivity contribution in [1.82, 2.24) is 4.31 Å². The molecule has 0 spiro atoms. The van der Waals surface area contributed by atoms with Gasteiger partial charge in [-0.3, -0.25) is 0 Å². The first-order chi connectivity index (χ1) is 9.54. The summed E-state index contributed by atoms with van der Waals surface area (Å²) in [6.45, 7) is 0.829. The highest BCUT2D eigenvalue weighted by atomic mass is 32.2. The number of hydrogen-bond acceptors (Lipinski definition) is 4. The molecule has 0 radical (unpaired) electrons. The van der Waals surface area contributed by atoms with Gasteiger partial charge in [0.25, 0.3) is 0 Å². The normalized spacial score (nSPS) is 11.9. The first kappa shape index (κ1) is 14.8. The molecule has 20 heavy (non-hydrogen) atoms. The molecule has 2 aromatic rings. The fourth-order valence-corrected chi connectivity index (χ4v) is 3.06. The van der Waals surface area contributed by atoms with Gasteiger partial charge in [-0.2, -0.15) is 4.31 Å². The van der Waals surface area contributed by atoms with E-state index >= 15 is 0 Å². The fraction of sp³-hybridized carbons (Fsp3) is 0.286. The second-order valence-electron chi connectivity index (χ2n) is 4.58. The van der Waals surface area contributed by atoms with Gasteiger partial charge in [0.15, 0.2) is 0 Å². The van der Waals surface area contributed by atoms with Crippen LogP contribution in [0.2, 0.25) is 0 Å². The van der Waals surface area contributed by atoms with Gasteiger partial charge < -0.3 is 10.2 Å². The maximum atomic E-state index is 12.4. The van der Waals surface area contributed by atoms with E-state index in [9.17, 15) is 8.42 Å². The topological polar surface area (TPSA) is 76.5 Å². The fourth-order valence-electron chi connectivity index (χ4n) is 1.90. The molecule has 1 aromatic heterocycles. The van der Waals surface area contributed by atoms with Gasteiger partial charge >= 0.3 is 0 Å². The number of nitrogens with zero attached hydrogens (tertiary/aromatic N) is 1. The zero-order valence-corrected chi connectivity index (χ0v) is 12.1. The van der Waals surface area contributed by atoms with Crippen molar-refractivity contribution >= 4 is 10.0 Å². The molecule has 0 aliphatic rings. The Bertz CT molecular complexity index is 634. The summed E-state index contributed by atoms with van der Waals surface area (Å²) in [6, 6.07) is 8.58. The van der Waals surface area contributed by atoms with E-state index in [2.05, 4.69) is 0 Å². The molecule has 0 atom stereocenters. The highest BCUT2D eigenvalue weighted by Gasteiger charge is 2.20. The van der Waals surface area contributed by atoms with Crippen LogP contribution < -0.4 is 5.73 Å². The average molecular weight is 294 g/mol. The molecule has 108 valence electrons. The summed E-state index contributed by atoms with van der Waals surface area (Å²) in [5.74, 6) is 0. The monoisotopic (exact) mass is 294 g/mol. The predicted molar refractivity (Wildman–Crippen MR) is 76.6 cm³/mol. The van der Waals surface area contributed by atoms with Crippen LogP contribution in [0.4, 0.5) is 0 Å². The van der Waals surface area contributed by atoms with E-state index in [1.54, 1.807) is 37.4 Å². The molecule has 2 N–H and O–H groups in total. The lowest BCUT2D eigenvalue weighted by molar-refractivity contribution is 0.463. The SMILES string of the molecule is CN(Cc1ccoc1)S(=O)(=O)c1ccc(CCN)cc1. The summed E-state index contributed by atoms with van der Waals surface area (Å²) in [4.78, 5) is 0.282. The number of hydrogen-bond donors (Lipinski definition) is 1. The number of nitrogens with two attached hydrogens (primary N) is 1. The smallest absolute Gasteiger partial charge is 0.243 e.